The van der Waals surface area contributed by atoms with Gasteiger partial charge in [-0.1, -0.05) is 41.9 Å². The smallest absolute Gasteiger partial charge is 0.142 e. The van der Waals surface area contributed by atoms with Gasteiger partial charge in [0, 0.05) is 11.6 Å². The summed E-state index contributed by atoms with van der Waals surface area (Å²) in [7, 11) is 0. The van der Waals surface area contributed by atoms with Crippen LogP contribution in [0, 0.1) is 0 Å². The molecule has 0 saturated carbocycles. The molecule has 0 aliphatic carbocycles. The molecule has 0 atom stereocenters. The second-order valence-corrected chi connectivity index (χ2v) is 6.17. The summed E-state index contributed by atoms with van der Waals surface area (Å²) in [5.74, 6) is 2.43. The van der Waals surface area contributed by atoms with Gasteiger partial charge in [0.2, 0.25) is 0 Å². The number of benzene rings is 3. The minimum atomic E-state index is 0.467. The van der Waals surface area contributed by atoms with Crippen molar-refractivity contribution in [3.63, 3.8) is 0 Å². The van der Waals surface area contributed by atoms with E-state index in [2.05, 4.69) is 5.32 Å². The molecule has 0 radical (unpaired) electrons. The third-order valence-corrected chi connectivity index (χ3v) is 3.99. The molecule has 27 heavy (non-hydrogen) atoms. The van der Waals surface area contributed by atoms with Gasteiger partial charge >= 0.3 is 0 Å². The summed E-state index contributed by atoms with van der Waals surface area (Å²) < 4.78 is 17.2. The molecule has 0 aliphatic heterocycles. The van der Waals surface area contributed by atoms with Crippen molar-refractivity contribution in [2.45, 2.75) is 0 Å². The van der Waals surface area contributed by atoms with Gasteiger partial charge in [0.05, 0.1) is 5.69 Å². The van der Waals surface area contributed by atoms with Crippen molar-refractivity contribution in [2.75, 3.05) is 31.7 Å². The van der Waals surface area contributed by atoms with Crippen LogP contribution in [0.4, 0.5) is 5.69 Å². The number of hydrogen-bond acceptors (Lipinski definition) is 4. The first-order valence-corrected chi connectivity index (χ1v) is 9.21. The lowest BCUT2D eigenvalue weighted by atomic mass is 10.3. The summed E-state index contributed by atoms with van der Waals surface area (Å²) in [6, 6.07) is 24.9. The Morgan fingerprint density at radius 3 is 2.07 bits per heavy atom. The topological polar surface area (TPSA) is 39.7 Å². The molecule has 140 valence electrons. The van der Waals surface area contributed by atoms with E-state index < -0.39 is 0 Å². The Labute approximate surface area is 164 Å². The maximum absolute atomic E-state index is 5.87. The minimum absolute atomic E-state index is 0.467. The Morgan fingerprint density at radius 2 is 1.26 bits per heavy atom. The van der Waals surface area contributed by atoms with E-state index in [1.807, 2.05) is 78.9 Å². The van der Waals surface area contributed by atoms with Crippen LogP contribution in [-0.4, -0.2) is 26.4 Å². The number of para-hydroxylation sites is 3. The predicted octanol–water partition coefficient (Wildman–Crippen LogP) is 5.29. The molecule has 0 spiro atoms. The minimum Gasteiger partial charge on any atom is -0.492 e. The van der Waals surface area contributed by atoms with Crippen LogP contribution in [0.1, 0.15) is 0 Å². The summed E-state index contributed by atoms with van der Waals surface area (Å²) in [6.07, 6.45) is 0. The Morgan fingerprint density at radius 1 is 0.630 bits per heavy atom. The fourth-order valence-corrected chi connectivity index (χ4v) is 2.58. The first-order chi connectivity index (χ1) is 13.3. The van der Waals surface area contributed by atoms with E-state index in [1.165, 1.54) is 0 Å². The van der Waals surface area contributed by atoms with Crippen LogP contribution in [0.25, 0.3) is 0 Å². The Bertz CT molecular complexity index is 809. The zero-order chi connectivity index (χ0) is 18.7. The molecular formula is C22H22ClNO3. The average molecular weight is 384 g/mol. The fourth-order valence-electron chi connectivity index (χ4n) is 2.45. The van der Waals surface area contributed by atoms with E-state index in [-0.39, 0.29) is 0 Å². The summed E-state index contributed by atoms with van der Waals surface area (Å²) in [6.45, 7) is 2.14. The van der Waals surface area contributed by atoms with Gasteiger partial charge in [-0.15, -0.1) is 0 Å². The van der Waals surface area contributed by atoms with Crippen LogP contribution in [0.5, 0.6) is 17.2 Å². The number of ether oxygens (including phenoxy) is 3. The number of nitrogens with one attached hydrogen (secondary N) is 1. The van der Waals surface area contributed by atoms with Crippen LogP contribution in [-0.2, 0) is 0 Å². The van der Waals surface area contributed by atoms with Gasteiger partial charge in [0.1, 0.15) is 37.1 Å². The van der Waals surface area contributed by atoms with E-state index >= 15 is 0 Å². The molecule has 0 unspecified atom stereocenters. The molecule has 0 fully saturated rings. The molecular weight excluding hydrogens is 362 g/mol. The number of hydrogen-bond donors (Lipinski definition) is 1. The highest BCUT2D eigenvalue weighted by atomic mass is 35.5. The SMILES string of the molecule is Clc1ccc(OCCNc2ccccc2OCCOc2ccccc2)cc1. The quantitative estimate of drug-likeness (QED) is 0.483. The highest BCUT2D eigenvalue weighted by molar-refractivity contribution is 6.30. The number of halogens is 1. The standard InChI is InChI=1S/C22H22ClNO3/c23-18-10-12-20(13-11-18)25-15-14-24-21-8-4-5-9-22(21)27-17-16-26-19-6-2-1-3-7-19/h1-13,24H,14-17H2. The lowest BCUT2D eigenvalue weighted by molar-refractivity contribution is 0.217. The number of rotatable bonds is 10. The lowest BCUT2D eigenvalue weighted by Crippen LogP contribution is -2.13. The second-order valence-electron chi connectivity index (χ2n) is 5.74. The highest BCUT2D eigenvalue weighted by Crippen LogP contribution is 2.23. The van der Waals surface area contributed by atoms with Crippen LogP contribution in [0.2, 0.25) is 5.02 Å². The highest BCUT2D eigenvalue weighted by Gasteiger charge is 2.03. The van der Waals surface area contributed by atoms with E-state index in [1.54, 1.807) is 0 Å². The molecule has 5 heteroatoms. The van der Waals surface area contributed by atoms with Gasteiger partial charge in [-0.3, -0.25) is 0 Å². The zero-order valence-electron chi connectivity index (χ0n) is 14.9. The molecule has 3 rings (SSSR count). The summed E-state index contributed by atoms with van der Waals surface area (Å²) in [5.41, 5.74) is 0.928. The molecule has 0 heterocycles. The largest absolute Gasteiger partial charge is 0.492 e. The van der Waals surface area contributed by atoms with Gasteiger partial charge in [-0.05, 0) is 48.5 Å². The van der Waals surface area contributed by atoms with Gasteiger partial charge < -0.3 is 19.5 Å². The van der Waals surface area contributed by atoms with Gasteiger partial charge in [-0.2, -0.15) is 0 Å². The van der Waals surface area contributed by atoms with Crippen LogP contribution in [0.3, 0.4) is 0 Å². The molecule has 4 nitrogen and oxygen atoms in total. The molecule has 1 N–H and O–H groups in total. The van der Waals surface area contributed by atoms with E-state index in [9.17, 15) is 0 Å². The molecule has 3 aromatic carbocycles. The second kappa shape index (κ2) is 10.3. The average Bonchev–Trinajstić information content (AvgIpc) is 2.71. The zero-order valence-corrected chi connectivity index (χ0v) is 15.7. The third kappa shape index (κ3) is 6.42. The first-order valence-electron chi connectivity index (χ1n) is 8.83. The molecule has 0 aliphatic rings. The van der Waals surface area contributed by atoms with Gasteiger partial charge in [0.25, 0.3) is 0 Å². The van der Waals surface area contributed by atoms with Crippen molar-refractivity contribution >= 4 is 17.3 Å². The van der Waals surface area contributed by atoms with Crippen molar-refractivity contribution in [2.24, 2.45) is 0 Å². The van der Waals surface area contributed by atoms with E-state index in [0.717, 1.165) is 22.9 Å². The fraction of sp³-hybridized carbons (Fsp3) is 0.182. The number of anilines is 1. The third-order valence-electron chi connectivity index (χ3n) is 3.74. The van der Waals surface area contributed by atoms with E-state index in [0.29, 0.717) is 31.4 Å². The normalized spacial score (nSPS) is 10.3. The maximum Gasteiger partial charge on any atom is 0.142 e. The van der Waals surface area contributed by atoms with Crippen molar-refractivity contribution in [3.8, 4) is 17.2 Å². The van der Waals surface area contributed by atoms with Crippen molar-refractivity contribution < 1.29 is 14.2 Å². The van der Waals surface area contributed by atoms with Gasteiger partial charge in [0.15, 0.2) is 0 Å². The van der Waals surface area contributed by atoms with E-state index in [4.69, 9.17) is 25.8 Å². The molecule has 0 saturated heterocycles. The molecule has 0 aromatic heterocycles. The van der Waals surface area contributed by atoms with Crippen molar-refractivity contribution in [1.29, 1.82) is 0 Å². The first kappa shape index (κ1) is 18.9. The Balaban J connectivity index is 1.41. The monoisotopic (exact) mass is 383 g/mol. The Hall–Kier alpha value is -2.85. The maximum atomic E-state index is 5.87. The molecule has 0 amide bonds. The summed E-state index contributed by atoms with van der Waals surface area (Å²) >= 11 is 5.87. The van der Waals surface area contributed by atoms with Crippen LogP contribution < -0.4 is 19.5 Å². The summed E-state index contributed by atoms with van der Waals surface area (Å²) in [5, 5.41) is 4.03. The van der Waals surface area contributed by atoms with Crippen molar-refractivity contribution in [1.82, 2.24) is 0 Å². The molecule has 0 bridgehead atoms. The predicted molar refractivity (Wildman–Crippen MR) is 109 cm³/mol. The Kier molecular flexibility index (Phi) is 7.25. The summed E-state index contributed by atoms with van der Waals surface area (Å²) in [4.78, 5) is 0. The van der Waals surface area contributed by atoms with Crippen molar-refractivity contribution in [3.05, 3.63) is 83.9 Å². The lowest BCUT2D eigenvalue weighted by Gasteiger charge is -2.14. The van der Waals surface area contributed by atoms with Crippen LogP contribution in [0.15, 0.2) is 78.9 Å². The van der Waals surface area contributed by atoms with Crippen LogP contribution >= 0.6 is 11.6 Å². The molecule has 3 aromatic rings. The van der Waals surface area contributed by atoms with Gasteiger partial charge in [-0.25, -0.2) is 0 Å².